The van der Waals surface area contributed by atoms with E-state index in [1.165, 1.54) is 60.3 Å². The van der Waals surface area contributed by atoms with Crippen LogP contribution in [0.5, 0.6) is 0 Å². The number of hydrogen-bond acceptors (Lipinski definition) is 7. The summed E-state index contributed by atoms with van der Waals surface area (Å²) in [4.78, 5) is 26.6. The summed E-state index contributed by atoms with van der Waals surface area (Å²) in [5, 5.41) is 15.7. The van der Waals surface area contributed by atoms with Crippen LogP contribution in [0.15, 0.2) is 112 Å². The SMILES string of the molecule is NS(=O)(=O)c1ccc(NC(=O)c2ccccc2CSc2ccccc2C(=O)Nc2ccc(S(N)(=O)=O)cc2)cc1. The number of carbonyl (C=O) groups is 2. The van der Waals surface area contributed by atoms with Gasteiger partial charge in [0.05, 0.1) is 15.4 Å². The van der Waals surface area contributed by atoms with Gasteiger partial charge in [0.15, 0.2) is 0 Å². The number of rotatable bonds is 9. The first-order valence-electron chi connectivity index (χ1n) is 11.6. The Labute approximate surface area is 235 Å². The first-order chi connectivity index (χ1) is 18.9. The van der Waals surface area contributed by atoms with Gasteiger partial charge in [-0.05, 0) is 72.3 Å². The van der Waals surface area contributed by atoms with Crippen LogP contribution in [0.25, 0.3) is 0 Å². The number of sulfonamides is 2. The highest BCUT2D eigenvalue weighted by molar-refractivity contribution is 7.98. The van der Waals surface area contributed by atoms with Crippen molar-refractivity contribution < 1.29 is 26.4 Å². The molecule has 0 saturated carbocycles. The highest BCUT2D eigenvalue weighted by Gasteiger charge is 2.16. The average molecular weight is 597 g/mol. The normalized spacial score (nSPS) is 11.6. The van der Waals surface area contributed by atoms with Crippen molar-refractivity contribution in [1.82, 2.24) is 0 Å². The van der Waals surface area contributed by atoms with E-state index in [-0.39, 0.29) is 21.6 Å². The van der Waals surface area contributed by atoms with Crippen molar-refractivity contribution in [2.75, 3.05) is 10.6 Å². The van der Waals surface area contributed by atoms with Gasteiger partial charge < -0.3 is 10.6 Å². The molecular weight excluding hydrogens is 573 g/mol. The quantitative estimate of drug-likeness (QED) is 0.212. The molecule has 0 atom stereocenters. The molecule has 0 spiro atoms. The van der Waals surface area contributed by atoms with E-state index in [1.807, 2.05) is 6.07 Å². The Kier molecular flexibility index (Phi) is 8.71. The smallest absolute Gasteiger partial charge is 0.256 e. The van der Waals surface area contributed by atoms with Crippen LogP contribution < -0.4 is 20.9 Å². The molecule has 13 heteroatoms. The fraction of sp³-hybridized carbons (Fsp3) is 0.0370. The molecule has 0 aliphatic rings. The zero-order valence-electron chi connectivity index (χ0n) is 20.8. The number of amides is 2. The van der Waals surface area contributed by atoms with Gasteiger partial charge in [-0.3, -0.25) is 9.59 Å². The molecule has 0 radical (unpaired) electrons. The molecule has 2 amide bonds. The van der Waals surface area contributed by atoms with Crippen LogP contribution in [0.1, 0.15) is 26.3 Å². The van der Waals surface area contributed by atoms with Gasteiger partial charge in [0.1, 0.15) is 0 Å². The van der Waals surface area contributed by atoms with Crippen LogP contribution in [-0.4, -0.2) is 28.6 Å². The lowest BCUT2D eigenvalue weighted by Crippen LogP contribution is -2.15. The number of hydrogen-bond donors (Lipinski definition) is 4. The number of carbonyl (C=O) groups excluding carboxylic acids is 2. The predicted octanol–water partition coefficient (Wildman–Crippen LogP) is 3.78. The summed E-state index contributed by atoms with van der Waals surface area (Å²) in [5.41, 5.74) is 2.34. The van der Waals surface area contributed by atoms with Gasteiger partial charge in [-0.25, -0.2) is 27.1 Å². The predicted molar refractivity (Wildman–Crippen MR) is 154 cm³/mol. The molecule has 0 aliphatic carbocycles. The Morgan fingerprint density at radius 2 is 1.02 bits per heavy atom. The molecule has 0 bridgehead atoms. The first-order valence-corrected chi connectivity index (χ1v) is 15.7. The van der Waals surface area contributed by atoms with E-state index in [0.717, 1.165) is 5.56 Å². The van der Waals surface area contributed by atoms with Crippen LogP contribution in [0, 0.1) is 0 Å². The summed E-state index contributed by atoms with van der Waals surface area (Å²) in [7, 11) is -7.69. The summed E-state index contributed by atoms with van der Waals surface area (Å²) in [5.74, 6) is -0.393. The average Bonchev–Trinajstić information content (AvgIpc) is 2.92. The van der Waals surface area contributed by atoms with Crippen molar-refractivity contribution >= 4 is 55.0 Å². The number of primary sulfonamides is 2. The van der Waals surface area contributed by atoms with E-state index in [1.54, 1.807) is 42.5 Å². The van der Waals surface area contributed by atoms with Crippen LogP contribution in [0.2, 0.25) is 0 Å². The molecular formula is C27H24N4O6S3. The van der Waals surface area contributed by atoms with Crippen molar-refractivity contribution in [2.24, 2.45) is 10.3 Å². The molecule has 4 aromatic rings. The van der Waals surface area contributed by atoms with E-state index in [2.05, 4.69) is 10.6 Å². The Morgan fingerprint density at radius 3 is 1.52 bits per heavy atom. The summed E-state index contributed by atoms with van der Waals surface area (Å²) >= 11 is 1.37. The summed E-state index contributed by atoms with van der Waals surface area (Å²) in [6, 6.07) is 25.0. The van der Waals surface area contributed by atoms with E-state index >= 15 is 0 Å². The highest BCUT2D eigenvalue weighted by atomic mass is 32.2. The van der Waals surface area contributed by atoms with Crippen LogP contribution in [-0.2, 0) is 25.8 Å². The maximum absolute atomic E-state index is 13.0. The lowest BCUT2D eigenvalue weighted by molar-refractivity contribution is 0.101. The Hall–Kier alpha value is -4.01. The minimum absolute atomic E-state index is 0.0643. The topological polar surface area (TPSA) is 179 Å². The summed E-state index contributed by atoms with van der Waals surface area (Å²) in [6.45, 7) is 0. The van der Waals surface area contributed by atoms with Crippen LogP contribution in [0.3, 0.4) is 0 Å². The van der Waals surface area contributed by atoms with Crippen molar-refractivity contribution in [3.63, 3.8) is 0 Å². The zero-order chi connectivity index (χ0) is 28.9. The monoisotopic (exact) mass is 596 g/mol. The fourth-order valence-corrected chi connectivity index (χ4v) is 5.74. The fourth-order valence-electron chi connectivity index (χ4n) is 3.66. The molecule has 206 valence electrons. The standard InChI is InChI=1S/C27H24N4O6S3/c28-39(34,35)21-13-9-19(10-14-21)30-26(32)23-6-2-1-5-18(23)17-38-25-8-4-3-7-24(25)27(33)31-20-11-15-22(16-12-20)40(29,36)37/h1-16H,17H2,(H,30,32)(H,31,33)(H2,28,34,35)(H2,29,36,37). The third-order valence-electron chi connectivity index (χ3n) is 5.66. The summed E-state index contributed by atoms with van der Waals surface area (Å²) < 4.78 is 45.9. The number of benzene rings is 4. The van der Waals surface area contributed by atoms with Crippen molar-refractivity contribution in [3.8, 4) is 0 Å². The van der Waals surface area contributed by atoms with Gasteiger partial charge in [0.2, 0.25) is 20.0 Å². The molecule has 0 aromatic heterocycles. The van der Waals surface area contributed by atoms with E-state index in [0.29, 0.717) is 33.2 Å². The largest absolute Gasteiger partial charge is 0.322 e. The maximum atomic E-state index is 13.0. The second kappa shape index (κ2) is 12.0. The molecule has 0 fully saturated rings. The van der Waals surface area contributed by atoms with Crippen molar-refractivity contribution in [1.29, 1.82) is 0 Å². The summed E-state index contributed by atoms with van der Waals surface area (Å²) in [6.07, 6.45) is 0. The van der Waals surface area contributed by atoms with E-state index in [4.69, 9.17) is 10.3 Å². The Bertz CT molecular complexity index is 1640. The first kappa shape index (κ1) is 29.0. The second-order valence-corrected chi connectivity index (χ2v) is 12.6. The minimum atomic E-state index is -3.85. The molecule has 0 saturated heterocycles. The van der Waals surface area contributed by atoms with Crippen molar-refractivity contribution in [3.05, 3.63) is 114 Å². The molecule has 10 nitrogen and oxygen atoms in total. The third-order valence-corrected chi connectivity index (χ3v) is 8.64. The van der Waals surface area contributed by atoms with Gasteiger partial charge >= 0.3 is 0 Å². The lowest BCUT2D eigenvalue weighted by atomic mass is 10.1. The Balaban J connectivity index is 1.47. The molecule has 4 aromatic carbocycles. The number of nitrogens with one attached hydrogen (secondary N) is 2. The van der Waals surface area contributed by atoms with E-state index < -0.39 is 20.0 Å². The number of nitrogens with two attached hydrogens (primary N) is 2. The number of anilines is 2. The van der Waals surface area contributed by atoms with Crippen LogP contribution >= 0.6 is 11.8 Å². The van der Waals surface area contributed by atoms with Gasteiger partial charge in [-0.2, -0.15) is 0 Å². The number of thioether (sulfide) groups is 1. The molecule has 0 heterocycles. The maximum Gasteiger partial charge on any atom is 0.256 e. The second-order valence-electron chi connectivity index (χ2n) is 8.49. The molecule has 4 rings (SSSR count). The molecule has 40 heavy (non-hydrogen) atoms. The Morgan fingerprint density at radius 1 is 0.600 bits per heavy atom. The van der Waals surface area contributed by atoms with Gasteiger partial charge in [-0.1, -0.05) is 30.3 Å². The van der Waals surface area contributed by atoms with Gasteiger partial charge in [0, 0.05) is 27.6 Å². The molecule has 0 aliphatic heterocycles. The van der Waals surface area contributed by atoms with Crippen molar-refractivity contribution in [2.45, 2.75) is 20.4 Å². The molecule has 6 N–H and O–H groups in total. The van der Waals surface area contributed by atoms with Gasteiger partial charge in [0.25, 0.3) is 11.8 Å². The van der Waals surface area contributed by atoms with Gasteiger partial charge in [-0.15, -0.1) is 11.8 Å². The van der Waals surface area contributed by atoms with Crippen LogP contribution in [0.4, 0.5) is 11.4 Å². The lowest BCUT2D eigenvalue weighted by Gasteiger charge is -2.13. The van der Waals surface area contributed by atoms with E-state index in [9.17, 15) is 26.4 Å². The third kappa shape index (κ3) is 7.34. The highest BCUT2D eigenvalue weighted by Crippen LogP contribution is 2.29. The minimum Gasteiger partial charge on any atom is -0.322 e. The molecule has 0 unspecified atom stereocenters. The zero-order valence-corrected chi connectivity index (χ0v) is 23.2.